The van der Waals surface area contributed by atoms with E-state index in [4.69, 9.17) is 0 Å². The lowest BCUT2D eigenvalue weighted by atomic mass is 9.86. The zero-order valence-electron chi connectivity index (χ0n) is 20.8. The van der Waals surface area contributed by atoms with Crippen LogP contribution in [0.1, 0.15) is 38.2 Å². The second-order valence-electron chi connectivity index (χ2n) is 10.1. The first kappa shape index (κ1) is 26.5. The number of amides is 1. The molecule has 0 spiro atoms. The molecule has 0 radical (unpaired) electrons. The predicted molar refractivity (Wildman–Crippen MR) is 135 cm³/mol. The number of piperidine rings is 2. The quantitative estimate of drug-likeness (QED) is 0.519. The van der Waals surface area contributed by atoms with Gasteiger partial charge in [0.25, 0.3) is 0 Å². The Morgan fingerprint density at radius 1 is 1.06 bits per heavy atom. The van der Waals surface area contributed by atoms with Gasteiger partial charge in [-0.25, -0.2) is 0 Å². The molecule has 1 amide bonds. The Balaban J connectivity index is 1.44. The molecule has 4 rings (SSSR count). The summed E-state index contributed by atoms with van der Waals surface area (Å²) < 4.78 is 43.7. The minimum atomic E-state index is -4.82. The fourth-order valence-corrected chi connectivity index (χ4v) is 5.41. The van der Waals surface area contributed by atoms with Gasteiger partial charge in [-0.15, -0.1) is 13.2 Å². The molecule has 1 N–H and O–H groups in total. The third kappa shape index (κ3) is 7.23. The molecule has 0 aliphatic carbocycles. The summed E-state index contributed by atoms with van der Waals surface area (Å²) in [4.78, 5) is 17.7. The zero-order chi connectivity index (χ0) is 25.5. The maximum atomic E-state index is 13.7. The van der Waals surface area contributed by atoms with Crippen LogP contribution in [0.2, 0.25) is 0 Å². The van der Waals surface area contributed by atoms with E-state index in [0.717, 1.165) is 52.0 Å². The molecule has 36 heavy (non-hydrogen) atoms. The maximum Gasteiger partial charge on any atom is 0.573 e. The van der Waals surface area contributed by atoms with Crippen LogP contribution < -0.4 is 15.0 Å². The first-order valence-corrected chi connectivity index (χ1v) is 12.9. The van der Waals surface area contributed by atoms with Crippen LogP contribution in [0.4, 0.5) is 18.9 Å². The number of benzene rings is 2. The van der Waals surface area contributed by atoms with Gasteiger partial charge in [0.15, 0.2) is 5.75 Å². The van der Waals surface area contributed by atoms with Gasteiger partial charge >= 0.3 is 6.36 Å². The van der Waals surface area contributed by atoms with Gasteiger partial charge in [-0.3, -0.25) is 9.69 Å². The summed E-state index contributed by atoms with van der Waals surface area (Å²) in [7, 11) is 0. The van der Waals surface area contributed by atoms with Crippen molar-refractivity contribution in [2.75, 3.05) is 37.6 Å². The number of hydrogen-bond acceptors (Lipinski definition) is 4. The summed E-state index contributed by atoms with van der Waals surface area (Å²) in [6.07, 6.45) is -1.36. The summed E-state index contributed by atoms with van der Waals surface area (Å²) in [5, 5.41) is 3.30. The van der Waals surface area contributed by atoms with Gasteiger partial charge in [0.2, 0.25) is 5.91 Å². The monoisotopic (exact) mass is 503 g/mol. The molecular formula is C28H36F3N3O2. The van der Waals surface area contributed by atoms with E-state index in [1.54, 1.807) is 17.0 Å². The van der Waals surface area contributed by atoms with Crippen LogP contribution in [0, 0.1) is 17.8 Å². The minimum Gasteiger partial charge on any atom is -0.404 e. The van der Waals surface area contributed by atoms with E-state index in [9.17, 15) is 18.0 Å². The van der Waals surface area contributed by atoms with E-state index in [-0.39, 0.29) is 29.2 Å². The van der Waals surface area contributed by atoms with Crippen LogP contribution >= 0.6 is 0 Å². The Morgan fingerprint density at radius 2 is 1.75 bits per heavy atom. The zero-order valence-corrected chi connectivity index (χ0v) is 20.8. The number of alkyl halides is 3. The largest absolute Gasteiger partial charge is 0.573 e. The number of hydrogen-bond donors (Lipinski definition) is 1. The highest BCUT2D eigenvalue weighted by Crippen LogP contribution is 2.36. The highest BCUT2D eigenvalue weighted by molar-refractivity contribution is 5.96. The molecule has 0 saturated carbocycles. The number of likely N-dealkylation sites (tertiary alicyclic amines) is 1. The molecule has 2 aliphatic rings. The van der Waals surface area contributed by atoms with E-state index in [2.05, 4.69) is 39.2 Å². The van der Waals surface area contributed by atoms with E-state index in [1.807, 2.05) is 13.0 Å². The van der Waals surface area contributed by atoms with Crippen LogP contribution in [-0.2, 0) is 11.3 Å². The molecule has 2 heterocycles. The molecule has 2 fully saturated rings. The van der Waals surface area contributed by atoms with Crippen LogP contribution in [-0.4, -0.2) is 49.9 Å². The van der Waals surface area contributed by atoms with Crippen molar-refractivity contribution in [1.29, 1.82) is 0 Å². The molecule has 2 atom stereocenters. The third-order valence-corrected chi connectivity index (χ3v) is 7.47. The third-order valence-electron chi connectivity index (χ3n) is 7.47. The Morgan fingerprint density at radius 3 is 2.44 bits per heavy atom. The normalized spacial score (nSPS) is 21.8. The summed E-state index contributed by atoms with van der Waals surface area (Å²) >= 11 is 0. The van der Waals surface area contributed by atoms with Crippen LogP contribution in [0.5, 0.6) is 5.75 Å². The number of halogens is 3. The van der Waals surface area contributed by atoms with Crippen molar-refractivity contribution in [2.45, 2.75) is 45.5 Å². The Hall–Kier alpha value is -2.58. The summed E-state index contributed by atoms with van der Waals surface area (Å²) in [6, 6.07) is 16.4. The SMILES string of the molecule is CC1CNCCC1C(=O)N(CCC1CCN(Cc2ccccc2)CC1)c1ccccc1OC(F)(F)F. The number of carbonyl (C=O) groups excluding carboxylic acids is 1. The van der Waals surface area contributed by atoms with Crippen LogP contribution in [0.25, 0.3) is 0 Å². The second-order valence-corrected chi connectivity index (χ2v) is 10.1. The number of nitrogens with zero attached hydrogens (tertiary/aromatic N) is 2. The smallest absolute Gasteiger partial charge is 0.404 e. The van der Waals surface area contributed by atoms with Gasteiger partial charge in [-0.05, 0) is 81.4 Å². The number of para-hydroxylation sites is 2. The second kappa shape index (κ2) is 12.1. The van der Waals surface area contributed by atoms with Crippen molar-refractivity contribution in [3.8, 4) is 5.75 Å². The highest BCUT2D eigenvalue weighted by Gasteiger charge is 2.36. The molecule has 2 saturated heterocycles. The first-order chi connectivity index (χ1) is 17.3. The molecule has 5 nitrogen and oxygen atoms in total. The predicted octanol–water partition coefficient (Wildman–Crippen LogP) is 5.47. The molecular weight excluding hydrogens is 467 g/mol. The maximum absolute atomic E-state index is 13.7. The van der Waals surface area contributed by atoms with E-state index >= 15 is 0 Å². The van der Waals surface area contributed by atoms with E-state index in [1.165, 1.54) is 17.7 Å². The average molecular weight is 504 g/mol. The Labute approximate surface area is 211 Å². The molecule has 8 heteroatoms. The van der Waals surface area contributed by atoms with Gasteiger partial charge in [-0.2, -0.15) is 0 Å². The molecule has 196 valence electrons. The number of rotatable bonds is 8. The number of anilines is 1. The first-order valence-electron chi connectivity index (χ1n) is 12.9. The molecule has 2 aliphatic heterocycles. The van der Waals surface area contributed by atoms with E-state index < -0.39 is 6.36 Å². The summed E-state index contributed by atoms with van der Waals surface area (Å²) in [5.74, 6) is -0.113. The van der Waals surface area contributed by atoms with Gasteiger partial charge < -0.3 is 15.0 Å². The Kier molecular flexibility index (Phi) is 8.90. The minimum absolute atomic E-state index is 0.108. The van der Waals surface area contributed by atoms with Gasteiger partial charge in [0.05, 0.1) is 5.69 Å². The van der Waals surface area contributed by atoms with Crippen molar-refractivity contribution in [3.05, 3.63) is 60.2 Å². The summed E-state index contributed by atoms with van der Waals surface area (Å²) in [5.41, 5.74) is 1.50. The Bertz CT molecular complexity index is 978. The van der Waals surface area contributed by atoms with Gasteiger partial charge in [0.1, 0.15) is 0 Å². The van der Waals surface area contributed by atoms with Crippen LogP contribution in [0.15, 0.2) is 54.6 Å². The fourth-order valence-electron chi connectivity index (χ4n) is 5.41. The highest BCUT2D eigenvalue weighted by atomic mass is 19.4. The van der Waals surface area contributed by atoms with E-state index in [0.29, 0.717) is 18.9 Å². The molecule has 0 bridgehead atoms. The lowest BCUT2D eigenvalue weighted by molar-refractivity contribution is -0.274. The average Bonchev–Trinajstić information content (AvgIpc) is 2.86. The van der Waals surface area contributed by atoms with Gasteiger partial charge in [-0.1, -0.05) is 49.4 Å². The van der Waals surface area contributed by atoms with Gasteiger partial charge in [0, 0.05) is 19.0 Å². The fraction of sp³-hybridized carbons (Fsp3) is 0.536. The molecule has 0 aromatic heterocycles. The van der Waals surface area contributed by atoms with Crippen molar-refractivity contribution in [1.82, 2.24) is 10.2 Å². The van der Waals surface area contributed by atoms with Crippen molar-refractivity contribution in [3.63, 3.8) is 0 Å². The van der Waals surface area contributed by atoms with Crippen molar-refractivity contribution >= 4 is 11.6 Å². The van der Waals surface area contributed by atoms with Crippen molar-refractivity contribution < 1.29 is 22.7 Å². The lowest BCUT2D eigenvalue weighted by Gasteiger charge is -2.36. The standard InChI is InChI=1S/C28H36F3N3O2/c1-21-19-32-15-11-24(21)27(35)34(25-9-5-6-10-26(25)36-28(29,30)31)18-14-22-12-16-33(17-13-22)20-23-7-3-2-4-8-23/h2-10,21-22,24,32H,11-20H2,1H3. The topological polar surface area (TPSA) is 44.8 Å². The molecule has 2 aromatic carbocycles. The van der Waals surface area contributed by atoms with Crippen LogP contribution in [0.3, 0.4) is 0 Å². The van der Waals surface area contributed by atoms with Crippen molar-refractivity contribution in [2.24, 2.45) is 17.8 Å². The molecule has 2 unspecified atom stereocenters. The number of ether oxygens (including phenoxy) is 1. The number of nitrogens with one attached hydrogen (secondary N) is 1. The lowest BCUT2D eigenvalue weighted by Crippen LogP contribution is -2.46. The number of carbonyl (C=O) groups is 1. The molecule has 2 aromatic rings. The summed E-state index contributed by atoms with van der Waals surface area (Å²) in [6.45, 7) is 6.75.